The van der Waals surface area contributed by atoms with Gasteiger partial charge in [0.25, 0.3) is 0 Å². The van der Waals surface area contributed by atoms with Crippen LogP contribution >= 0.6 is 0 Å². The molecule has 3 saturated carbocycles. The van der Waals surface area contributed by atoms with Gasteiger partial charge in [-0.3, -0.25) is 0 Å². The fourth-order valence-corrected chi connectivity index (χ4v) is 6.91. The van der Waals surface area contributed by atoms with Crippen molar-refractivity contribution in [2.24, 2.45) is 29.1 Å². The molecule has 3 nitrogen and oxygen atoms in total. The van der Waals surface area contributed by atoms with Gasteiger partial charge in [-0.25, -0.2) is 0 Å². The predicted octanol–water partition coefficient (Wildman–Crippen LogP) is 5.95. The van der Waals surface area contributed by atoms with Crippen molar-refractivity contribution in [2.75, 3.05) is 0 Å². The molecule has 0 aliphatic heterocycles. The molecule has 31 heavy (non-hydrogen) atoms. The van der Waals surface area contributed by atoms with Gasteiger partial charge in [-0.1, -0.05) is 57.9 Å². The Morgan fingerprint density at radius 3 is 2.61 bits per heavy atom. The topological polar surface area (TPSA) is 60.7 Å². The van der Waals surface area contributed by atoms with E-state index in [1.165, 1.54) is 32.1 Å². The number of aliphatic hydroxyl groups is 3. The monoisotopic (exact) mass is 430 g/mol. The average Bonchev–Trinajstić information content (AvgIpc) is 3.04. The quantitative estimate of drug-likeness (QED) is 0.488. The lowest BCUT2D eigenvalue weighted by atomic mass is 9.60. The highest BCUT2D eigenvalue weighted by Crippen LogP contribution is 2.60. The van der Waals surface area contributed by atoms with Crippen molar-refractivity contribution in [1.82, 2.24) is 0 Å². The van der Waals surface area contributed by atoms with Gasteiger partial charge >= 0.3 is 0 Å². The Labute approximate surface area is 190 Å². The Morgan fingerprint density at radius 2 is 1.94 bits per heavy atom. The molecule has 0 unspecified atom stereocenters. The van der Waals surface area contributed by atoms with Crippen LogP contribution in [0.3, 0.4) is 0 Å². The minimum Gasteiger partial charge on any atom is -0.392 e. The number of fused-ring (bicyclic) bond motifs is 1. The maximum Gasteiger partial charge on any atom is 0.0837 e. The first-order valence-corrected chi connectivity index (χ1v) is 12.6. The summed E-state index contributed by atoms with van der Waals surface area (Å²) in [5, 5.41) is 30.7. The largest absolute Gasteiger partial charge is 0.392 e. The molecule has 3 rings (SSSR count). The zero-order valence-electron chi connectivity index (χ0n) is 20.5. The average molecular weight is 431 g/mol. The van der Waals surface area contributed by atoms with Crippen LogP contribution in [0.4, 0.5) is 0 Å². The molecule has 0 radical (unpaired) electrons. The summed E-state index contributed by atoms with van der Waals surface area (Å²) in [6, 6.07) is 0. The molecule has 0 amide bonds. The first-order valence-electron chi connectivity index (χ1n) is 12.6. The van der Waals surface area contributed by atoms with Gasteiger partial charge < -0.3 is 15.3 Å². The van der Waals surface area contributed by atoms with Crippen molar-refractivity contribution >= 4 is 0 Å². The molecule has 0 bridgehead atoms. The van der Waals surface area contributed by atoms with Crippen LogP contribution in [0.1, 0.15) is 92.4 Å². The Balaban J connectivity index is 1.71. The van der Waals surface area contributed by atoms with Crippen LogP contribution in [-0.4, -0.2) is 33.1 Å². The van der Waals surface area contributed by atoms with E-state index in [4.69, 9.17) is 0 Å². The molecule has 0 aromatic carbocycles. The molecule has 3 fully saturated rings. The van der Waals surface area contributed by atoms with Crippen molar-refractivity contribution in [3.05, 3.63) is 35.5 Å². The second kappa shape index (κ2) is 9.53. The first-order chi connectivity index (χ1) is 14.4. The number of allylic oxidation sites excluding steroid dienone is 3. The van der Waals surface area contributed by atoms with Crippen LogP contribution in [0.5, 0.6) is 0 Å². The van der Waals surface area contributed by atoms with E-state index in [9.17, 15) is 15.3 Å². The minimum absolute atomic E-state index is 0.149. The number of rotatable bonds is 6. The number of hydrogen-bond acceptors (Lipinski definition) is 3. The van der Waals surface area contributed by atoms with Crippen molar-refractivity contribution in [2.45, 2.75) is 110 Å². The van der Waals surface area contributed by atoms with Gasteiger partial charge in [-0.15, -0.1) is 0 Å². The van der Waals surface area contributed by atoms with Crippen LogP contribution in [0.25, 0.3) is 0 Å². The van der Waals surface area contributed by atoms with Gasteiger partial charge in [0.05, 0.1) is 17.8 Å². The summed E-state index contributed by atoms with van der Waals surface area (Å²) in [6.07, 6.45) is 13.4. The second-order valence-corrected chi connectivity index (χ2v) is 11.8. The van der Waals surface area contributed by atoms with E-state index in [-0.39, 0.29) is 5.92 Å². The Hall–Kier alpha value is -0.900. The van der Waals surface area contributed by atoms with Crippen LogP contribution in [-0.2, 0) is 0 Å². The third kappa shape index (κ3) is 5.37. The summed E-state index contributed by atoms with van der Waals surface area (Å²) in [5.41, 5.74) is 3.15. The summed E-state index contributed by atoms with van der Waals surface area (Å²) in [4.78, 5) is 0. The summed E-state index contributed by atoms with van der Waals surface area (Å²) in [7, 11) is 0. The highest BCUT2D eigenvalue weighted by Gasteiger charge is 2.50. The molecule has 0 saturated heterocycles. The Bertz CT molecular complexity index is 712. The molecular formula is C28H46O3. The maximum absolute atomic E-state index is 10.4. The smallest absolute Gasteiger partial charge is 0.0837 e. The fourth-order valence-electron chi connectivity index (χ4n) is 6.91. The van der Waals surface area contributed by atoms with E-state index in [2.05, 4.69) is 32.6 Å². The third-order valence-corrected chi connectivity index (χ3v) is 8.97. The predicted molar refractivity (Wildman–Crippen MR) is 129 cm³/mol. The van der Waals surface area contributed by atoms with E-state index in [1.807, 2.05) is 20.8 Å². The summed E-state index contributed by atoms with van der Waals surface area (Å²) < 4.78 is 0. The Morgan fingerprint density at radius 1 is 1.23 bits per heavy atom. The summed E-state index contributed by atoms with van der Waals surface area (Å²) >= 11 is 0. The normalized spacial score (nSPS) is 40.4. The highest BCUT2D eigenvalue weighted by atomic mass is 16.3. The van der Waals surface area contributed by atoms with Crippen molar-refractivity contribution in [1.29, 1.82) is 0 Å². The van der Waals surface area contributed by atoms with Gasteiger partial charge in [0.2, 0.25) is 0 Å². The van der Waals surface area contributed by atoms with Gasteiger partial charge in [0.1, 0.15) is 0 Å². The molecule has 0 heterocycles. The maximum atomic E-state index is 10.4. The van der Waals surface area contributed by atoms with E-state index in [1.54, 1.807) is 5.57 Å². The van der Waals surface area contributed by atoms with Crippen LogP contribution in [0.2, 0.25) is 0 Å². The van der Waals surface area contributed by atoms with Gasteiger partial charge in [0.15, 0.2) is 0 Å². The number of aliphatic hydroxyl groups excluding tert-OH is 2. The lowest BCUT2D eigenvalue weighted by Crippen LogP contribution is -2.36. The molecular weight excluding hydrogens is 384 g/mol. The minimum atomic E-state index is -0.648. The van der Waals surface area contributed by atoms with Gasteiger partial charge in [-0.2, -0.15) is 0 Å². The SMILES string of the molecule is C=C1/C(=C/C=C2\CCC[C@]3(C)[C@@H]([C@H](C)CCCC(C)(C)O)CC[C@@H]23)C[C@H](O)[C@H](C)[C@H]1O. The van der Waals surface area contributed by atoms with E-state index < -0.39 is 17.8 Å². The van der Waals surface area contributed by atoms with E-state index in [0.29, 0.717) is 23.7 Å². The fraction of sp³-hybridized carbons (Fsp3) is 0.786. The molecule has 0 aromatic rings. The lowest BCUT2D eigenvalue weighted by Gasteiger charge is -2.44. The zero-order chi connectivity index (χ0) is 23.0. The highest BCUT2D eigenvalue weighted by molar-refractivity contribution is 5.39. The van der Waals surface area contributed by atoms with Crippen molar-refractivity contribution in [3.8, 4) is 0 Å². The standard InChI is InChI=1S/C28H46O3/c1-18(9-7-15-27(4,5)31)23-13-14-24-21(10-8-16-28(23,24)6)11-12-22-17-25(29)20(3)26(30)19(22)2/h11-12,18,20,23-26,29-31H,2,7-10,13-17H2,1,3-6H3/b21-11+,22-12+/t18-,20+,23-,24+,25+,26+,28-/m1/s1. The molecule has 0 spiro atoms. The second-order valence-electron chi connectivity index (χ2n) is 11.8. The summed E-state index contributed by atoms with van der Waals surface area (Å²) in [5.74, 6) is 1.94. The molecule has 3 aliphatic rings. The van der Waals surface area contributed by atoms with Crippen molar-refractivity contribution < 1.29 is 15.3 Å². The molecule has 3 N–H and O–H groups in total. The van der Waals surface area contributed by atoms with Gasteiger partial charge in [-0.05, 0) is 93.1 Å². The van der Waals surface area contributed by atoms with Crippen LogP contribution in [0.15, 0.2) is 35.5 Å². The molecule has 0 aromatic heterocycles. The molecule has 7 atom stereocenters. The van der Waals surface area contributed by atoms with E-state index in [0.717, 1.165) is 36.3 Å². The zero-order valence-corrected chi connectivity index (χ0v) is 20.5. The van der Waals surface area contributed by atoms with E-state index >= 15 is 0 Å². The molecule has 3 heteroatoms. The molecule has 176 valence electrons. The Kier molecular flexibility index (Phi) is 7.61. The summed E-state index contributed by atoms with van der Waals surface area (Å²) in [6.45, 7) is 14.8. The van der Waals surface area contributed by atoms with Crippen molar-refractivity contribution in [3.63, 3.8) is 0 Å². The third-order valence-electron chi connectivity index (χ3n) is 8.97. The molecule has 3 aliphatic carbocycles. The van der Waals surface area contributed by atoms with Crippen LogP contribution < -0.4 is 0 Å². The first kappa shape index (κ1) is 24.7. The van der Waals surface area contributed by atoms with Gasteiger partial charge in [0, 0.05) is 5.92 Å². The lowest BCUT2D eigenvalue weighted by molar-refractivity contribution is 0.0283. The number of hydrogen-bond donors (Lipinski definition) is 3. The van der Waals surface area contributed by atoms with Crippen LogP contribution in [0, 0.1) is 29.1 Å².